The third-order valence-electron chi connectivity index (χ3n) is 4.67. The smallest absolute Gasteiger partial charge is 0.402 e. The normalized spacial score (nSPS) is 15.3. The van der Waals surface area contributed by atoms with Crippen LogP contribution in [0, 0.1) is 0 Å². The van der Waals surface area contributed by atoms with E-state index in [1.54, 1.807) is 12.1 Å². The van der Waals surface area contributed by atoms with Crippen molar-refractivity contribution in [3.05, 3.63) is 46.3 Å². The van der Waals surface area contributed by atoms with Crippen LogP contribution in [0.3, 0.4) is 0 Å². The van der Waals surface area contributed by atoms with E-state index in [1.807, 2.05) is 0 Å². The van der Waals surface area contributed by atoms with Crippen LogP contribution in [0.15, 0.2) is 40.6 Å². The summed E-state index contributed by atoms with van der Waals surface area (Å²) >= 11 is 6.59. The molecular formula is C18H14ClF3N2O4S2. The van der Waals surface area contributed by atoms with Crippen LogP contribution in [0.5, 0.6) is 5.88 Å². The van der Waals surface area contributed by atoms with Crippen LogP contribution < -0.4 is 4.74 Å². The Morgan fingerprint density at radius 2 is 1.93 bits per heavy atom. The molecular weight excluding hydrogens is 465 g/mol. The van der Waals surface area contributed by atoms with E-state index in [4.69, 9.17) is 11.6 Å². The lowest BCUT2D eigenvalue weighted by molar-refractivity contribution is -0.190. The maximum Gasteiger partial charge on any atom is 0.491 e. The molecule has 3 aromatic rings. The summed E-state index contributed by atoms with van der Waals surface area (Å²) in [5.74, 6) is -3.23. The van der Waals surface area contributed by atoms with Crippen molar-refractivity contribution < 1.29 is 31.1 Å². The van der Waals surface area contributed by atoms with Gasteiger partial charge >= 0.3 is 12.1 Å². The number of thiophene rings is 1. The molecule has 1 aromatic carbocycles. The molecule has 0 aliphatic carbocycles. The summed E-state index contributed by atoms with van der Waals surface area (Å²) in [7, 11) is -4.37. The Morgan fingerprint density at radius 1 is 1.20 bits per heavy atom. The van der Waals surface area contributed by atoms with E-state index in [2.05, 4.69) is 9.64 Å². The zero-order valence-corrected chi connectivity index (χ0v) is 17.5. The van der Waals surface area contributed by atoms with Gasteiger partial charge in [0, 0.05) is 18.0 Å². The highest BCUT2D eigenvalue weighted by Gasteiger charge is 2.42. The van der Waals surface area contributed by atoms with Gasteiger partial charge in [0.15, 0.2) is 0 Å². The van der Waals surface area contributed by atoms with Crippen LogP contribution in [0.4, 0.5) is 13.2 Å². The number of carbonyl (C=O) groups is 1. The molecule has 0 radical (unpaired) electrons. The summed E-state index contributed by atoms with van der Waals surface area (Å²) in [6.45, 7) is 2.25. The lowest BCUT2D eigenvalue weighted by Crippen LogP contribution is -2.36. The van der Waals surface area contributed by atoms with Gasteiger partial charge in [0.2, 0.25) is 5.88 Å². The standard InChI is InChI=1S/C18H14ClF3N2O4S2/c19-14-5-6-16(29-14)30(26,27)24-13-4-1-3-11(10-23-7-2-8-23)12(13)9-15(24)28-17(25)18(20,21)22/h1,3-6,9H,2,7-8,10H2. The quantitative estimate of drug-likeness (QED) is 0.512. The van der Waals surface area contributed by atoms with E-state index in [-0.39, 0.29) is 14.1 Å². The highest BCUT2D eigenvalue weighted by atomic mass is 35.5. The number of halogens is 4. The number of benzene rings is 1. The Balaban J connectivity index is 1.90. The Hall–Kier alpha value is -2.08. The Labute approximate surface area is 178 Å². The van der Waals surface area contributed by atoms with Gasteiger partial charge in [0.1, 0.15) is 4.21 Å². The van der Waals surface area contributed by atoms with Crippen LogP contribution in [0.25, 0.3) is 10.9 Å². The van der Waals surface area contributed by atoms with Crippen molar-refractivity contribution in [2.45, 2.75) is 23.4 Å². The highest BCUT2D eigenvalue weighted by Crippen LogP contribution is 2.36. The number of nitrogens with zero attached hydrogens (tertiary/aromatic N) is 2. The number of rotatable bonds is 5. The molecule has 0 bridgehead atoms. The van der Waals surface area contributed by atoms with Gasteiger partial charge < -0.3 is 4.74 Å². The first-order chi connectivity index (χ1) is 14.1. The zero-order chi connectivity index (χ0) is 21.7. The molecule has 1 aliphatic heterocycles. The van der Waals surface area contributed by atoms with E-state index in [0.717, 1.165) is 42.5 Å². The van der Waals surface area contributed by atoms with E-state index in [0.29, 0.717) is 15.9 Å². The van der Waals surface area contributed by atoms with Crippen molar-refractivity contribution >= 4 is 49.8 Å². The fourth-order valence-electron chi connectivity index (χ4n) is 3.16. The lowest BCUT2D eigenvalue weighted by atomic mass is 10.1. The Morgan fingerprint density at radius 3 is 2.50 bits per heavy atom. The fraction of sp³-hybridized carbons (Fsp3) is 0.278. The second-order valence-corrected chi connectivity index (χ2v) is 10.4. The molecule has 0 unspecified atom stereocenters. The van der Waals surface area contributed by atoms with E-state index >= 15 is 0 Å². The number of carbonyl (C=O) groups excluding carboxylic acids is 1. The molecule has 2 aromatic heterocycles. The van der Waals surface area contributed by atoms with E-state index in [9.17, 15) is 26.4 Å². The second-order valence-electron chi connectivity index (χ2n) is 6.68. The molecule has 160 valence electrons. The summed E-state index contributed by atoms with van der Waals surface area (Å²) in [6, 6.07) is 8.58. The average molecular weight is 479 g/mol. The highest BCUT2D eigenvalue weighted by molar-refractivity contribution is 7.92. The number of alkyl halides is 3. The predicted octanol–water partition coefficient (Wildman–Crippen LogP) is 4.27. The van der Waals surface area contributed by atoms with Gasteiger partial charge in [0.05, 0.1) is 9.85 Å². The first kappa shape index (κ1) is 21.2. The minimum absolute atomic E-state index is 0.113. The monoisotopic (exact) mass is 478 g/mol. The second kappa shape index (κ2) is 7.56. The molecule has 1 aliphatic rings. The third kappa shape index (κ3) is 3.82. The third-order valence-corrected chi connectivity index (χ3v) is 8.08. The summed E-state index contributed by atoms with van der Waals surface area (Å²) in [5.41, 5.74) is 0.831. The Kier molecular flexibility index (Phi) is 5.33. The number of hydrogen-bond acceptors (Lipinski definition) is 6. The summed E-state index contributed by atoms with van der Waals surface area (Å²) < 4.78 is 69.9. The first-order valence-corrected chi connectivity index (χ1v) is 11.4. The van der Waals surface area contributed by atoms with Crippen LogP contribution in [-0.4, -0.2) is 42.5 Å². The molecule has 0 N–H and O–H groups in total. The van der Waals surface area contributed by atoms with Gasteiger partial charge in [0.25, 0.3) is 10.0 Å². The minimum Gasteiger partial charge on any atom is -0.402 e. The summed E-state index contributed by atoms with van der Waals surface area (Å²) in [4.78, 5) is 13.6. The number of aromatic nitrogens is 1. The molecule has 1 saturated heterocycles. The van der Waals surface area contributed by atoms with Crippen molar-refractivity contribution in [2.75, 3.05) is 13.1 Å². The Bertz CT molecular complexity index is 1230. The molecule has 0 saturated carbocycles. The first-order valence-electron chi connectivity index (χ1n) is 8.73. The molecule has 0 amide bonds. The summed E-state index contributed by atoms with van der Waals surface area (Å²) in [5, 5.41) is 0.389. The molecule has 30 heavy (non-hydrogen) atoms. The van der Waals surface area contributed by atoms with Gasteiger partial charge in [-0.15, -0.1) is 11.3 Å². The van der Waals surface area contributed by atoms with Crippen LogP contribution in [-0.2, 0) is 21.4 Å². The van der Waals surface area contributed by atoms with Crippen molar-refractivity contribution in [1.29, 1.82) is 0 Å². The minimum atomic E-state index is -5.28. The number of ether oxygens (including phenoxy) is 1. The lowest BCUT2D eigenvalue weighted by Gasteiger charge is -2.30. The van der Waals surface area contributed by atoms with Crippen LogP contribution >= 0.6 is 22.9 Å². The topological polar surface area (TPSA) is 68.6 Å². The molecule has 1 fully saturated rings. The molecule has 12 heteroatoms. The van der Waals surface area contributed by atoms with Crippen LogP contribution in [0.1, 0.15) is 12.0 Å². The van der Waals surface area contributed by atoms with Gasteiger partial charge in [-0.3, -0.25) is 4.90 Å². The summed E-state index contributed by atoms with van der Waals surface area (Å²) in [6.07, 6.45) is -4.24. The van der Waals surface area contributed by atoms with Gasteiger partial charge in [-0.25, -0.2) is 8.77 Å². The number of fused-ring (bicyclic) bond motifs is 1. The predicted molar refractivity (Wildman–Crippen MR) is 105 cm³/mol. The van der Waals surface area contributed by atoms with E-state index in [1.165, 1.54) is 18.2 Å². The van der Waals surface area contributed by atoms with Crippen LogP contribution in [0.2, 0.25) is 4.34 Å². The molecule has 0 atom stereocenters. The van der Waals surface area contributed by atoms with Gasteiger partial charge in [-0.05, 0) is 43.3 Å². The molecule has 3 heterocycles. The van der Waals surface area contributed by atoms with Crippen molar-refractivity contribution in [3.8, 4) is 5.88 Å². The largest absolute Gasteiger partial charge is 0.491 e. The molecule has 6 nitrogen and oxygen atoms in total. The van der Waals surface area contributed by atoms with Crippen molar-refractivity contribution in [3.63, 3.8) is 0 Å². The SMILES string of the molecule is O=C(Oc1cc2c(CN3CCC3)cccc2n1S(=O)(=O)c1ccc(Cl)s1)C(F)(F)F. The molecule has 0 spiro atoms. The van der Waals surface area contributed by atoms with Gasteiger partial charge in [-0.2, -0.15) is 21.6 Å². The number of likely N-dealkylation sites (tertiary alicyclic amines) is 1. The number of hydrogen-bond donors (Lipinski definition) is 0. The number of esters is 1. The van der Waals surface area contributed by atoms with Gasteiger partial charge in [-0.1, -0.05) is 23.7 Å². The van der Waals surface area contributed by atoms with Crippen molar-refractivity contribution in [1.82, 2.24) is 8.87 Å². The maximum atomic E-state index is 13.2. The zero-order valence-electron chi connectivity index (χ0n) is 15.1. The molecule has 4 rings (SSSR count). The maximum absolute atomic E-state index is 13.2. The van der Waals surface area contributed by atoms with E-state index < -0.39 is 28.0 Å². The van der Waals surface area contributed by atoms with Crippen molar-refractivity contribution in [2.24, 2.45) is 0 Å². The average Bonchev–Trinajstić information content (AvgIpc) is 3.21. The fourth-order valence-corrected chi connectivity index (χ4v) is 6.15.